The van der Waals surface area contributed by atoms with E-state index in [4.69, 9.17) is 4.74 Å². The minimum absolute atomic E-state index is 0.193. The zero-order valence-electron chi connectivity index (χ0n) is 17.0. The van der Waals surface area contributed by atoms with Gasteiger partial charge in [-0.25, -0.2) is 13.2 Å². The Bertz CT molecular complexity index is 1230. The molecule has 2 heterocycles. The SMILES string of the molecule is Cc1ccc(C(=O)OCC(=O)N2CCN(S(=O)(=O)c3ccc4ccccc4c3)CC2)s1. The fraction of sp³-hybridized carbons (Fsp3) is 0.273. The largest absolute Gasteiger partial charge is 0.451 e. The van der Waals surface area contributed by atoms with Crippen molar-refractivity contribution in [2.24, 2.45) is 0 Å². The molecule has 4 rings (SSSR count). The van der Waals surface area contributed by atoms with Crippen LogP contribution >= 0.6 is 11.3 Å². The third-order valence-corrected chi connectivity index (χ3v) is 8.09. The number of sulfonamides is 1. The summed E-state index contributed by atoms with van der Waals surface area (Å²) in [6.45, 7) is 2.42. The molecule has 1 aliphatic rings. The van der Waals surface area contributed by atoms with Gasteiger partial charge in [-0.05, 0) is 42.0 Å². The summed E-state index contributed by atoms with van der Waals surface area (Å²) < 4.78 is 32.6. The third kappa shape index (κ3) is 4.63. The van der Waals surface area contributed by atoms with E-state index in [1.165, 1.54) is 20.5 Å². The van der Waals surface area contributed by atoms with Gasteiger partial charge in [0, 0.05) is 31.1 Å². The van der Waals surface area contributed by atoms with Gasteiger partial charge in [0.2, 0.25) is 10.0 Å². The van der Waals surface area contributed by atoms with Crippen LogP contribution in [0.25, 0.3) is 10.8 Å². The van der Waals surface area contributed by atoms with Gasteiger partial charge in [0.1, 0.15) is 4.88 Å². The number of esters is 1. The van der Waals surface area contributed by atoms with Crippen molar-refractivity contribution in [3.05, 3.63) is 64.4 Å². The lowest BCUT2D eigenvalue weighted by atomic mass is 10.1. The number of rotatable bonds is 5. The van der Waals surface area contributed by atoms with Gasteiger partial charge < -0.3 is 9.64 Å². The first kappa shape index (κ1) is 21.5. The van der Waals surface area contributed by atoms with E-state index in [0.717, 1.165) is 15.6 Å². The summed E-state index contributed by atoms with van der Waals surface area (Å²) in [5, 5.41) is 1.84. The molecule has 1 amide bonds. The Labute approximate surface area is 184 Å². The Morgan fingerprint density at radius 1 is 0.968 bits per heavy atom. The molecule has 0 bridgehead atoms. The summed E-state index contributed by atoms with van der Waals surface area (Å²) in [5.74, 6) is -0.853. The van der Waals surface area contributed by atoms with Crippen LogP contribution in [0.3, 0.4) is 0 Å². The first-order valence-corrected chi connectivity index (χ1v) is 12.1. The van der Waals surface area contributed by atoms with Crippen molar-refractivity contribution in [3.63, 3.8) is 0 Å². The van der Waals surface area contributed by atoms with Gasteiger partial charge in [0.25, 0.3) is 5.91 Å². The minimum atomic E-state index is -3.65. The van der Waals surface area contributed by atoms with E-state index in [9.17, 15) is 18.0 Å². The van der Waals surface area contributed by atoms with E-state index in [0.29, 0.717) is 4.88 Å². The van der Waals surface area contributed by atoms with Crippen molar-refractivity contribution in [1.29, 1.82) is 0 Å². The van der Waals surface area contributed by atoms with Crippen LogP contribution in [0.15, 0.2) is 59.5 Å². The molecule has 0 radical (unpaired) electrons. The summed E-state index contributed by atoms with van der Waals surface area (Å²) in [6.07, 6.45) is 0. The summed E-state index contributed by atoms with van der Waals surface area (Å²) in [5.41, 5.74) is 0. The number of amides is 1. The maximum Gasteiger partial charge on any atom is 0.348 e. The predicted molar refractivity (Wildman–Crippen MR) is 119 cm³/mol. The topological polar surface area (TPSA) is 84.0 Å². The molecule has 0 N–H and O–H groups in total. The Balaban J connectivity index is 1.34. The van der Waals surface area contributed by atoms with E-state index >= 15 is 0 Å². The molecule has 0 saturated carbocycles. The number of thiophene rings is 1. The molecule has 0 atom stereocenters. The Hall–Kier alpha value is -2.75. The van der Waals surface area contributed by atoms with Crippen LogP contribution in [0, 0.1) is 6.92 Å². The number of carbonyl (C=O) groups excluding carboxylic acids is 2. The molecule has 1 fully saturated rings. The Morgan fingerprint density at radius 3 is 2.35 bits per heavy atom. The summed E-state index contributed by atoms with van der Waals surface area (Å²) >= 11 is 1.31. The van der Waals surface area contributed by atoms with E-state index in [2.05, 4.69) is 0 Å². The number of fused-ring (bicyclic) bond motifs is 1. The lowest BCUT2D eigenvalue weighted by Gasteiger charge is -2.33. The highest BCUT2D eigenvalue weighted by Gasteiger charge is 2.30. The lowest BCUT2D eigenvalue weighted by Crippen LogP contribution is -2.51. The zero-order valence-corrected chi connectivity index (χ0v) is 18.6. The van der Waals surface area contributed by atoms with E-state index < -0.39 is 16.0 Å². The maximum atomic E-state index is 13.0. The number of carbonyl (C=O) groups is 2. The van der Waals surface area contributed by atoms with Crippen LogP contribution in [0.5, 0.6) is 0 Å². The van der Waals surface area contributed by atoms with Gasteiger partial charge >= 0.3 is 5.97 Å². The van der Waals surface area contributed by atoms with Crippen LogP contribution < -0.4 is 0 Å². The van der Waals surface area contributed by atoms with Crippen LogP contribution in [-0.4, -0.2) is 62.3 Å². The zero-order chi connectivity index (χ0) is 22.0. The number of hydrogen-bond acceptors (Lipinski definition) is 6. The van der Waals surface area contributed by atoms with Crippen LogP contribution in [-0.2, 0) is 19.6 Å². The lowest BCUT2D eigenvalue weighted by molar-refractivity contribution is -0.135. The van der Waals surface area contributed by atoms with Crippen LogP contribution in [0.2, 0.25) is 0 Å². The molecular weight excluding hydrogens is 436 g/mol. The van der Waals surface area contributed by atoms with Gasteiger partial charge in [-0.2, -0.15) is 4.31 Å². The molecule has 0 spiro atoms. The fourth-order valence-electron chi connectivity index (χ4n) is 3.49. The van der Waals surface area contributed by atoms with Gasteiger partial charge in [-0.15, -0.1) is 11.3 Å². The molecule has 31 heavy (non-hydrogen) atoms. The quantitative estimate of drug-likeness (QED) is 0.549. The average Bonchev–Trinajstić information content (AvgIpc) is 3.23. The van der Waals surface area contributed by atoms with Crippen molar-refractivity contribution in [3.8, 4) is 0 Å². The molecule has 1 aliphatic heterocycles. The first-order chi connectivity index (χ1) is 14.8. The predicted octanol–water partition coefficient (Wildman–Crippen LogP) is 2.90. The van der Waals surface area contributed by atoms with Crippen LogP contribution in [0.1, 0.15) is 14.5 Å². The molecular formula is C22H22N2O5S2. The highest BCUT2D eigenvalue weighted by atomic mass is 32.2. The number of ether oxygens (including phenoxy) is 1. The molecule has 2 aromatic carbocycles. The Kier molecular flexibility index (Phi) is 6.08. The molecule has 1 aromatic heterocycles. The maximum absolute atomic E-state index is 13.0. The smallest absolute Gasteiger partial charge is 0.348 e. The molecule has 162 valence electrons. The average molecular weight is 459 g/mol. The van der Waals surface area contributed by atoms with E-state index in [1.807, 2.05) is 37.3 Å². The van der Waals surface area contributed by atoms with Crippen LogP contribution in [0.4, 0.5) is 0 Å². The molecule has 1 saturated heterocycles. The van der Waals surface area contributed by atoms with Crippen molar-refractivity contribution < 1.29 is 22.7 Å². The third-order valence-electron chi connectivity index (χ3n) is 5.22. The number of aryl methyl sites for hydroxylation is 1. The monoisotopic (exact) mass is 458 g/mol. The molecule has 0 aliphatic carbocycles. The number of hydrogen-bond donors (Lipinski definition) is 0. The van der Waals surface area contributed by atoms with Crippen molar-refractivity contribution in [1.82, 2.24) is 9.21 Å². The standard InChI is InChI=1S/C22H22N2O5S2/c1-16-6-9-20(30-16)22(26)29-15-21(25)23-10-12-24(13-11-23)31(27,28)19-8-7-17-4-2-3-5-18(17)14-19/h2-9,14H,10-13,15H2,1H3. The fourth-order valence-corrected chi connectivity index (χ4v) is 5.71. The molecule has 3 aromatic rings. The van der Waals surface area contributed by atoms with Gasteiger partial charge in [-0.3, -0.25) is 4.79 Å². The highest BCUT2D eigenvalue weighted by molar-refractivity contribution is 7.89. The van der Waals surface area contributed by atoms with Crippen molar-refractivity contribution >= 4 is 44.0 Å². The highest BCUT2D eigenvalue weighted by Crippen LogP contribution is 2.23. The van der Waals surface area contributed by atoms with Crippen molar-refractivity contribution in [2.45, 2.75) is 11.8 Å². The number of nitrogens with zero attached hydrogens (tertiary/aromatic N) is 2. The number of piperazine rings is 1. The molecule has 7 nitrogen and oxygen atoms in total. The molecule has 0 unspecified atom stereocenters. The Morgan fingerprint density at radius 2 is 1.68 bits per heavy atom. The van der Waals surface area contributed by atoms with Gasteiger partial charge in [0.15, 0.2) is 6.61 Å². The minimum Gasteiger partial charge on any atom is -0.451 e. The van der Waals surface area contributed by atoms with Gasteiger partial charge in [-0.1, -0.05) is 30.3 Å². The second kappa shape index (κ2) is 8.78. The van der Waals surface area contributed by atoms with Crippen molar-refractivity contribution in [2.75, 3.05) is 32.8 Å². The first-order valence-electron chi connectivity index (χ1n) is 9.85. The summed E-state index contributed by atoms with van der Waals surface area (Å²) in [4.78, 5) is 27.6. The molecule has 9 heteroatoms. The normalized spacial score (nSPS) is 15.2. The van der Waals surface area contributed by atoms with E-state index in [-0.39, 0.29) is 43.6 Å². The second-order valence-corrected chi connectivity index (χ2v) is 10.5. The number of benzene rings is 2. The summed E-state index contributed by atoms with van der Waals surface area (Å²) in [6, 6.07) is 16.2. The van der Waals surface area contributed by atoms with E-state index in [1.54, 1.807) is 24.3 Å². The second-order valence-electron chi connectivity index (χ2n) is 7.28. The summed E-state index contributed by atoms with van der Waals surface area (Å²) in [7, 11) is -3.65. The van der Waals surface area contributed by atoms with Gasteiger partial charge in [0.05, 0.1) is 4.90 Å².